The van der Waals surface area contributed by atoms with Crippen molar-refractivity contribution in [1.29, 1.82) is 0 Å². The second-order valence-corrected chi connectivity index (χ2v) is 7.04. The number of ether oxygens (including phenoxy) is 1. The van der Waals surface area contributed by atoms with Gasteiger partial charge in [-0.05, 0) is 67.8 Å². The van der Waals surface area contributed by atoms with E-state index in [2.05, 4.69) is 5.16 Å². The quantitative estimate of drug-likeness (QED) is 0.685. The molecule has 6 heteroatoms. The highest BCUT2D eigenvalue weighted by atomic mass is 19.1. The van der Waals surface area contributed by atoms with Gasteiger partial charge in [0.05, 0.1) is 6.54 Å². The van der Waals surface area contributed by atoms with E-state index in [0.29, 0.717) is 31.0 Å². The Labute approximate surface area is 162 Å². The van der Waals surface area contributed by atoms with E-state index in [1.54, 1.807) is 17.0 Å². The lowest BCUT2D eigenvalue weighted by Gasteiger charge is -2.26. The normalized spacial score (nSPS) is 13.3. The Morgan fingerprint density at radius 1 is 1.18 bits per heavy atom. The van der Waals surface area contributed by atoms with Crippen LogP contribution in [0.2, 0.25) is 0 Å². The monoisotopic (exact) mass is 380 g/mol. The Morgan fingerprint density at radius 2 is 1.96 bits per heavy atom. The fourth-order valence-electron chi connectivity index (χ4n) is 3.31. The molecule has 3 aromatic rings. The van der Waals surface area contributed by atoms with E-state index in [-0.39, 0.29) is 18.3 Å². The Morgan fingerprint density at radius 3 is 2.71 bits per heavy atom. The van der Waals surface area contributed by atoms with Crippen LogP contribution < -0.4 is 4.74 Å². The SMILES string of the molecule is Cc1ccc(OCC(=O)N2CCc3c(noc3-c3ccc(F)cc3)C2)cc1C. The zero-order valence-corrected chi connectivity index (χ0v) is 15.9. The molecule has 1 amide bonds. The van der Waals surface area contributed by atoms with E-state index >= 15 is 0 Å². The van der Waals surface area contributed by atoms with E-state index < -0.39 is 0 Å². The highest BCUT2D eigenvalue weighted by Crippen LogP contribution is 2.30. The van der Waals surface area contributed by atoms with Crippen LogP contribution in [0, 0.1) is 19.7 Å². The molecule has 1 aromatic heterocycles. The summed E-state index contributed by atoms with van der Waals surface area (Å²) in [6.07, 6.45) is 0.640. The highest BCUT2D eigenvalue weighted by Gasteiger charge is 2.27. The summed E-state index contributed by atoms with van der Waals surface area (Å²) in [5.74, 6) is 0.954. The number of carbonyl (C=O) groups is 1. The molecule has 0 atom stereocenters. The Hall–Kier alpha value is -3.15. The summed E-state index contributed by atoms with van der Waals surface area (Å²) >= 11 is 0. The van der Waals surface area contributed by atoms with Crippen LogP contribution in [0.1, 0.15) is 22.4 Å². The molecular weight excluding hydrogens is 359 g/mol. The molecule has 0 N–H and O–H groups in total. The molecule has 4 rings (SSSR count). The van der Waals surface area contributed by atoms with Gasteiger partial charge in [0.25, 0.3) is 5.91 Å². The third-order valence-electron chi connectivity index (χ3n) is 5.14. The number of amides is 1. The molecule has 1 aliphatic heterocycles. The van der Waals surface area contributed by atoms with Gasteiger partial charge in [0.1, 0.15) is 17.3 Å². The number of aromatic nitrogens is 1. The van der Waals surface area contributed by atoms with Crippen molar-refractivity contribution in [2.45, 2.75) is 26.8 Å². The zero-order chi connectivity index (χ0) is 19.7. The van der Waals surface area contributed by atoms with Crippen LogP contribution in [0.3, 0.4) is 0 Å². The molecule has 0 aliphatic carbocycles. The fraction of sp³-hybridized carbons (Fsp3) is 0.273. The lowest BCUT2D eigenvalue weighted by molar-refractivity contribution is -0.134. The first-order valence-electron chi connectivity index (χ1n) is 9.22. The lowest BCUT2D eigenvalue weighted by atomic mass is 10.0. The molecule has 2 aromatic carbocycles. The molecule has 0 spiro atoms. The Kier molecular flexibility index (Phi) is 4.86. The summed E-state index contributed by atoms with van der Waals surface area (Å²) in [5, 5.41) is 4.12. The van der Waals surface area contributed by atoms with Gasteiger partial charge < -0.3 is 14.2 Å². The lowest BCUT2D eigenvalue weighted by Crippen LogP contribution is -2.38. The minimum absolute atomic E-state index is 0.0134. The van der Waals surface area contributed by atoms with Gasteiger partial charge in [0.15, 0.2) is 12.4 Å². The van der Waals surface area contributed by atoms with Gasteiger partial charge in [-0.2, -0.15) is 0 Å². The maximum atomic E-state index is 13.1. The number of fused-ring (bicyclic) bond motifs is 1. The molecule has 0 fully saturated rings. The van der Waals surface area contributed by atoms with Crippen molar-refractivity contribution in [3.05, 3.63) is 70.7 Å². The van der Waals surface area contributed by atoms with Gasteiger partial charge in [0.2, 0.25) is 0 Å². The van der Waals surface area contributed by atoms with Crippen molar-refractivity contribution in [2.75, 3.05) is 13.2 Å². The van der Waals surface area contributed by atoms with Crippen LogP contribution in [0.4, 0.5) is 4.39 Å². The van der Waals surface area contributed by atoms with Crippen molar-refractivity contribution in [1.82, 2.24) is 10.1 Å². The summed E-state index contributed by atoms with van der Waals surface area (Å²) in [6, 6.07) is 11.9. The molecule has 0 unspecified atom stereocenters. The first-order valence-corrected chi connectivity index (χ1v) is 9.22. The largest absolute Gasteiger partial charge is 0.484 e. The molecule has 0 saturated heterocycles. The van der Waals surface area contributed by atoms with Crippen molar-refractivity contribution < 1.29 is 18.4 Å². The minimum atomic E-state index is -0.294. The van der Waals surface area contributed by atoms with Gasteiger partial charge in [-0.3, -0.25) is 4.79 Å². The van der Waals surface area contributed by atoms with Crippen molar-refractivity contribution in [3.8, 4) is 17.1 Å². The summed E-state index contributed by atoms with van der Waals surface area (Å²) in [4.78, 5) is 14.3. The number of benzene rings is 2. The van der Waals surface area contributed by atoms with Crippen molar-refractivity contribution in [3.63, 3.8) is 0 Å². The molecule has 1 aliphatic rings. The number of nitrogens with zero attached hydrogens (tertiary/aromatic N) is 2. The van der Waals surface area contributed by atoms with Crippen molar-refractivity contribution in [2.24, 2.45) is 0 Å². The molecule has 28 heavy (non-hydrogen) atoms. The average Bonchev–Trinajstić information content (AvgIpc) is 3.12. The molecular formula is C22H21FN2O3. The summed E-state index contributed by atoms with van der Waals surface area (Å²) < 4.78 is 24.3. The molecule has 0 saturated carbocycles. The van der Waals surface area contributed by atoms with E-state index in [1.165, 1.54) is 17.7 Å². The van der Waals surface area contributed by atoms with E-state index in [0.717, 1.165) is 22.4 Å². The predicted molar refractivity (Wildman–Crippen MR) is 102 cm³/mol. The van der Waals surface area contributed by atoms with E-state index in [9.17, 15) is 9.18 Å². The van der Waals surface area contributed by atoms with E-state index in [1.807, 2.05) is 32.0 Å². The molecule has 0 bridgehead atoms. The first kappa shape index (κ1) is 18.2. The molecule has 2 heterocycles. The second-order valence-electron chi connectivity index (χ2n) is 7.04. The fourth-order valence-corrected chi connectivity index (χ4v) is 3.31. The third-order valence-corrected chi connectivity index (χ3v) is 5.14. The standard InChI is InChI=1S/C22H21FN2O3/c1-14-3-8-18(11-15(14)2)27-13-21(26)25-10-9-19-20(12-25)24-28-22(19)16-4-6-17(23)7-5-16/h3-8,11H,9-10,12-13H2,1-2H3. The first-order chi connectivity index (χ1) is 13.5. The summed E-state index contributed by atoms with van der Waals surface area (Å²) in [7, 11) is 0. The van der Waals surface area contributed by atoms with E-state index in [4.69, 9.17) is 9.26 Å². The van der Waals surface area contributed by atoms with Gasteiger partial charge in [-0.15, -0.1) is 0 Å². The Bertz CT molecular complexity index is 1010. The van der Waals surface area contributed by atoms with Crippen LogP contribution in [0.15, 0.2) is 47.0 Å². The Balaban J connectivity index is 1.42. The smallest absolute Gasteiger partial charge is 0.260 e. The highest BCUT2D eigenvalue weighted by molar-refractivity contribution is 5.78. The van der Waals surface area contributed by atoms with Gasteiger partial charge in [0, 0.05) is 17.7 Å². The molecule has 144 valence electrons. The number of hydrogen-bond donors (Lipinski definition) is 0. The number of halogens is 1. The van der Waals surface area contributed by atoms with Crippen LogP contribution in [-0.2, 0) is 17.8 Å². The summed E-state index contributed by atoms with van der Waals surface area (Å²) in [6.45, 7) is 4.99. The van der Waals surface area contributed by atoms with Crippen molar-refractivity contribution >= 4 is 5.91 Å². The van der Waals surface area contributed by atoms with Gasteiger partial charge >= 0.3 is 0 Å². The van der Waals surface area contributed by atoms with Crippen LogP contribution >= 0.6 is 0 Å². The van der Waals surface area contributed by atoms with Gasteiger partial charge in [-0.25, -0.2) is 4.39 Å². The number of aryl methyl sites for hydroxylation is 2. The van der Waals surface area contributed by atoms with Crippen LogP contribution in [0.25, 0.3) is 11.3 Å². The molecule has 0 radical (unpaired) electrons. The third kappa shape index (κ3) is 3.63. The topological polar surface area (TPSA) is 55.6 Å². The summed E-state index contributed by atoms with van der Waals surface area (Å²) in [5.41, 5.74) is 4.82. The number of hydrogen-bond acceptors (Lipinski definition) is 4. The predicted octanol–water partition coefficient (Wildman–Crippen LogP) is 4.06. The number of rotatable bonds is 4. The average molecular weight is 380 g/mol. The zero-order valence-electron chi connectivity index (χ0n) is 15.9. The maximum Gasteiger partial charge on any atom is 0.260 e. The second kappa shape index (κ2) is 7.46. The minimum Gasteiger partial charge on any atom is -0.484 e. The van der Waals surface area contributed by atoms with Crippen LogP contribution in [-0.4, -0.2) is 29.1 Å². The number of carbonyl (C=O) groups excluding carboxylic acids is 1. The maximum absolute atomic E-state index is 13.1. The molecule has 5 nitrogen and oxygen atoms in total. The van der Waals surface area contributed by atoms with Gasteiger partial charge in [-0.1, -0.05) is 11.2 Å². The van der Waals surface area contributed by atoms with Crippen LogP contribution in [0.5, 0.6) is 5.75 Å².